The van der Waals surface area contributed by atoms with E-state index in [1.54, 1.807) is 31.2 Å². The molecule has 10 nitrogen and oxygen atoms in total. The molecule has 0 radical (unpaired) electrons. The van der Waals surface area contributed by atoms with Crippen molar-refractivity contribution < 1.29 is 24.3 Å². The molecule has 0 aromatic heterocycles. The number of hydrogen-bond acceptors (Lipinski definition) is 5. The highest BCUT2D eigenvalue weighted by atomic mass is 16.4. The van der Waals surface area contributed by atoms with E-state index in [2.05, 4.69) is 5.32 Å². The molecule has 0 spiro atoms. The van der Waals surface area contributed by atoms with Gasteiger partial charge in [0.05, 0.1) is 6.42 Å². The Balaban J connectivity index is 1.97. The van der Waals surface area contributed by atoms with Gasteiger partial charge in [-0.25, -0.2) is 0 Å². The van der Waals surface area contributed by atoms with Crippen LogP contribution in [0.25, 0.3) is 0 Å². The highest BCUT2D eigenvalue weighted by Gasteiger charge is 2.34. The van der Waals surface area contributed by atoms with Crippen LogP contribution in [0.15, 0.2) is 24.3 Å². The van der Waals surface area contributed by atoms with E-state index < -0.39 is 29.7 Å². The van der Waals surface area contributed by atoms with Crippen molar-refractivity contribution in [3.63, 3.8) is 0 Å². The topological polar surface area (TPSA) is 157 Å². The number of carboxylic acids is 1. The summed E-state index contributed by atoms with van der Waals surface area (Å²) < 4.78 is 0. The molecule has 1 fully saturated rings. The number of aliphatic carboxylic acids is 1. The van der Waals surface area contributed by atoms with E-state index in [0.29, 0.717) is 11.3 Å². The highest BCUT2D eigenvalue weighted by molar-refractivity contribution is 6.41. The number of benzene rings is 1. The quantitative estimate of drug-likeness (QED) is 0.275. The van der Waals surface area contributed by atoms with Crippen molar-refractivity contribution in [3.8, 4) is 0 Å². The van der Waals surface area contributed by atoms with Crippen LogP contribution in [0.2, 0.25) is 0 Å². The molecule has 1 heterocycles. The number of hydrogen-bond donors (Lipinski definition) is 4. The minimum absolute atomic E-state index is 0.100. The van der Waals surface area contributed by atoms with Crippen molar-refractivity contribution >= 4 is 35.2 Å². The van der Waals surface area contributed by atoms with Gasteiger partial charge in [-0.2, -0.15) is 0 Å². The number of carbonyl (C=O) groups excluding carboxylic acids is 3. The Morgan fingerprint density at radius 1 is 1.22 bits per heavy atom. The fourth-order valence-corrected chi connectivity index (χ4v) is 2.70. The molecule has 27 heavy (non-hydrogen) atoms. The standard InChI is InChI=1S/C17H21N5O5/c1-10(8-14(24)25)20-13(23)9-21-6-7-22(17(27)16(21)26)12-4-2-11(3-5-12)15(18)19/h2-5,10H,6-9H2,1H3,(H3,18,19)(H,20,23)(H,24,25). The predicted octanol–water partition coefficient (Wildman–Crippen LogP) is -0.875. The molecule has 144 valence electrons. The molecule has 5 N–H and O–H groups in total. The van der Waals surface area contributed by atoms with Crippen molar-refractivity contribution in [1.82, 2.24) is 10.2 Å². The van der Waals surface area contributed by atoms with E-state index in [1.165, 1.54) is 4.90 Å². The summed E-state index contributed by atoms with van der Waals surface area (Å²) in [6.07, 6.45) is -0.233. The summed E-state index contributed by atoms with van der Waals surface area (Å²) >= 11 is 0. The summed E-state index contributed by atoms with van der Waals surface area (Å²) in [6.45, 7) is 1.61. The first kappa shape index (κ1) is 19.9. The van der Waals surface area contributed by atoms with E-state index in [1.807, 2.05) is 0 Å². The summed E-state index contributed by atoms with van der Waals surface area (Å²) in [6, 6.07) is 5.77. The van der Waals surface area contributed by atoms with E-state index in [-0.39, 0.29) is 31.9 Å². The molecule has 1 aliphatic heterocycles. The molecule has 1 aliphatic rings. The minimum atomic E-state index is -1.04. The van der Waals surface area contributed by atoms with Gasteiger partial charge in [0, 0.05) is 30.4 Å². The molecule has 0 saturated carbocycles. The lowest BCUT2D eigenvalue weighted by atomic mass is 10.1. The van der Waals surface area contributed by atoms with Crippen molar-refractivity contribution in [1.29, 1.82) is 5.41 Å². The normalized spacial score (nSPS) is 15.4. The summed E-state index contributed by atoms with van der Waals surface area (Å²) in [7, 11) is 0. The Kier molecular flexibility index (Phi) is 6.11. The van der Waals surface area contributed by atoms with Gasteiger partial charge in [0.15, 0.2) is 0 Å². The first-order valence-corrected chi connectivity index (χ1v) is 8.25. The number of nitrogens with two attached hydrogens (primary N) is 1. The lowest BCUT2D eigenvalue weighted by Crippen LogP contribution is -2.57. The van der Waals surface area contributed by atoms with Gasteiger partial charge in [-0.15, -0.1) is 0 Å². The second-order valence-electron chi connectivity index (χ2n) is 6.21. The van der Waals surface area contributed by atoms with Crippen molar-refractivity contribution in [3.05, 3.63) is 29.8 Å². The lowest BCUT2D eigenvalue weighted by Gasteiger charge is -2.33. The van der Waals surface area contributed by atoms with Crippen LogP contribution in [0.3, 0.4) is 0 Å². The number of amidine groups is 1. The monoisotopic (exact) mass is 375 g/mol. The van der Waals surface area contributed by atoms with Crippen molar-refractivity contribution in [2.24, 2.45) is 5.73 Å². The number of nitrogens with zero attached hydrogens (tertiary/aromatic N) is 2. The largest absolute Gasteiger partial charge is 0.481 e. The Labute approximate surface area is 155 Å². The smallest absolute Gasteiger partial charge is 0.316 e. The Bertz CT molecular complexity index is 776. The van der Waals surface area contributed by atoms with Crippen molar-refractivity contribution in [2.75, 3.05) is 24.5 Å². The van der Waals surface area contributed by atoms with Gasteiger partial charge in [-0.3, -0.25) is 24.6 Å². The van der Waals surface area contributed by atoms with Crippen LogP contribution < -0.4 is 16.0 Å². The zero-order chi connectivity index (χ0) is 20.1. The maximum Gasteiger partial charge on any atom is 0.316 e. The fraction of sp³-hybridized carbons (Fsp3) is 0.353. The molecule has 0 bridgehead atoms. The molecule has 1 aromatic carbocycles. The average Bonchev–Trinajstić information content (AvgIpc) is 2.58. The minimum Gasteiger partial charge on any atom is -0.481 e. The third-order valence-corrected chi connectivity index (χ3v) is 4.02. The number of piperazine rings is 1. The zero-order valence-electron chi connectivity index (χ0n) is 14.8. The summed E-state index contributed by atoms with van der Waals surface area (Å²) in [5.41, 5.74) is 6.39. The summed E-state index contributed by atoms with van der Waals surface area (Å²) in [5, 5.41) is 18.5. The molecule has 10 heteroatoms. The van der Waals surface area contributed by atoms with E-state index in [0.717, 1.165) is 4.90 Å². The molecule has 1 atom stereocenters. The van der Waals surface area contributed by atoms with Crippen LogP contribution in [0.4, 0.5) is 5.69 Å². The number of amides is 3. The van der Waals surface area contributed by atoms with Crippen molar-refractivity contribution in [2.45, 2.75) is 19.4 Å². The van der Waals surface area contributed by atoms with E-state index in [4.69, 9.17) is 16.2 Å². The van der Waals surface area contributed by atoms with Crippen LogP contribution in [0.5, 0.6) is 0 Å². The number of nitrogen functional groups attached to an aromatic ring is 1. The second kappa shape index (κ2) is 8.30. The highest BCUT2D eigenvalue weighted by Crippen LogP contribution is 2.18. The lowest BCUT2D eigenvalue weighted by molar-refractivity contribution is -0.147. The first-order chi connectivity index (χ1) is 12.7. The van der Waals surface area contributed by atoms with Gasteiger partial charge >= 0.3 is 17.8 Å². The van der Waals surface area contributed by atoms with Gasteiger partial charge in [0.2, 0.25) is 5.91 Å². The molecular formula is C17H21N5O5. The molecule has 1 unspecified atom stereocenters. The third-order valence-electron chi connectivity index (χ3n) is 4.02. The number of carbonyl (C=O) groups is 4. The molecule has 2 rings (SSSR count). The molecule has 1 aromatic rings. The van der Waals surface area contributed by atoms with E-state index in [9.17, 15) is 19.2 Å². The number of anilines is 1. The van der Waals surface area contributed by atoms with Crippen LogP contribution in [-0.2, 0) is 19.2 Å². The van der Waals surface area contributed by atoms with Crippen LogP contribution in [0.1, 0.15) is 18.9 Å². The fourth-order valence-electron chi connectivity index (χ4n) is 2.70. The van der Waals surface area contributed by atoms with Crippen LogP contribution >= 0.6 is 0 Å². The molecule has 1 saturated heterocycles. The SMILES string of the molecule is CC(CC(=O)O)NC(=O)CN1CCN(c2ccc(C(=N)N)cc2)C(=O)C1=O. The summed E-state index contributed by atoms with van der Waals surface area (Å²) in [5.74, 6) is -3.24. The van der Waals surface area contributed by atoms with Crippen LogP contribution in [-0.4, -0.2) is 65.2 Å². The van der Waals surface area contributed by atoms with Gasteiger partial charge in [-0.05, 0) is 31.2 Å². The maximum atomic E-state index is 12.4. The Morgan fingerprint density at radius 3 is 2.41 bits per heavy atom. The molecule has 0 aliphatic carbocycles. The maximum absolute atomic E-state index is 12.4. The second-order valence-corrected chi connectivity index (χ2v) is 6.21. The first-order valence-electron chi connectivity index (χ1n) is 8.25. The molecule has 3 amide bonds. The number of carboxylic acid groups (broad SMARTS) is 1. The zero-order valence-corrected chi connectivity index (χ0v) is 14.8. The van der Waals surface area contributed by atoms with Crippen LogP contribution in [0, 0.1) is 5.41 Å². The average molecular weight is 375 g/mol. The number of rotatable bonds is 7. The van der Waals surface area contributed by atoms with E-state index >= 15 is 0 Å². The van der Waals surface area contributed by atoms with Gasteiger partial charge in [0.25, 0.3) is 0 Å². The Hall–Kier alpha value is -3.43. The third kappa shape index (κ3) is 5.03. The van der Waals surface area contributed by atoms with Gasteiger partial charge < -0.3 is 26.0 Å². The Morgan fingerprint density at radius 2 is 1.85 bits per heavy atom. The number of nitrogens with one attached hydrogen (secondary N) is 2. The van der Waals surface area contributed by atoms with Gasteiger partial charge in [-0.1, -0.05) is 0 Å². The molecular weight excluding hydrogens is 354 g/mol. The van der Waals surface area contributed by atoms with Gasteiger partial charge in [0.1, 0.15) is 12.4 Å². The summed E-state index contributed by atoms with van der Waals surface area (Å²) in [4.78, 5) is 49.7. The predicted molar refractivity (Wildman–Crippen MR) is 96.2 cm³/mol.